The summed E-state index contributed by atoms with van der Waals surface area (Å²) in [6.45, 7) is 2.65. The molecule has 1 aromatic heterocycles. The molecule has 0 spiro atoms. The molecule has 0 saturated carbocycles. The van der Waals surface area contributed by atoms with E-state index in [9.17, 15) is 9.59 Å². The van der Waals surface area contributed by atoms with Crippen molar-refractivity contribution in [2.75, 3.05) is 11.9 Å². The van der Waals surface area contributed by atoms with E-state index in [2.05, 4.69) is 12.2 Å². The van der Waals surface area contributed by atoms with Crippen molar-refractivity contribution in [3.05, 3.63) is 54.0 Å². The predicted octanol–water partition coefficient (Wildman–Crippen LogP) is 3.09. The lowest BCUT2D eigenvalue weighted by molar-refractivity contribution is -0.146. The number of carbonyl (C=O) groups is 2. The highest BCUT2D eigenvalue weighted by molar-refractivity contribution is 6.39. The summed E-state index contributed by atoms with van der Waals surface area (Å²) in [7, 11) is 0. The first-order chi connectivity index (χ1) is 12.1. The fourth-order valence-electron chi connectivity index (χ4n) is 3.08. The Balaban J connectivity index is 1.73. The number of hydrogen-bond donors (Lipinski definition) is 1. The van der Waals surface area contributed by atoms with Gasteiger partial charge in [-0.15, -0.1) is 0 Å². The number of nitrogens with one attached hydrogen (secondary N) is 1. The maximum atomic E-state index is 12.7. The number of nitrogens with zero attached hydrogens (tertiary/aromatic N) is 2. The minimum absolute atomic E-state index is 0.224. The van der Waals surface area contributed by atoms with Crippen LogP contribution >= 0.6 is 0 Å². The molecule has 6 heteroatoms. The highest BCUT2D eigenvalue weighted by Gasteiger charge is 2.35. The molecule has 0 unspecified atom stereocenters. The lowest BCUT2D eigenvalue weighted by atomic mass is 9.91. The molecule has 1 saturated heterocycles. The molecular weight excluding hydrogens is 318 g/mol. The zero-order valence-corrected chi connectivity index (χ0v) is 13.9. The second-order valence-electron chi connectivity index (χ2n) is 6.30. The average molecular weight is 337 g/mol. The van der Waals surface area contributed by atoms with Gasteiger partial charge in [-0.25, -0.2) is 0 Å². The van der Waals surface area contributed by atoms with Crippen LogP contribution in [0.4, 0.5) is 5.69 Å². The first kappa shape index (κ1) is 16.8. The number of rotatable bonds is 2. The van der Waals surface area contributed by atoms with E-state index < -0.39 is 11.8 Å². The number of anilines is 1. The fourth-order valence-corrected chi connectivity index (χ4v) is 3.08. The lowest BCUT2D eigenvalue weighted by Gasteiger charge is -2.36. The van der Waals surface area contributed by atoms with Crippen LogP contribution in [0.2, 0.25) is 0 Å². The lowest BCUT2D eigenvalue weighted by Crippen LogP contribution is -2.45. The Morgan fingerprint density at radius 1 is 1.28 bits per heavy atom. The summed E-state index contributed by atoms with van der Waals surface area (Å²) in [5.74, 6) is -0.0970. The molecule has 1 aliphatic rings. The smallest absolute Gasteiger partial charge is 0.313 e. The van der Waals surface area contributed by atoms with Crippen molar-refractivity contribution in [3.63, 3.8) is 0 Å². The normalized spacial score (nSPS) is 19.9. The second kappa shape index (κ2) is 7.22. The van der Waals surface area contributed by atoms with Gasteiger partial charge in [-0.2, -0.15) is 5.26 Å². The van der Waals surface area contributed by atoms with Gasteiger partial charge in [0.15, 0.2) is 0 Å². The number of piperidine rings is 1. The molecule has 2 aromatic rings. The van der Waals surface area contributed by atoms with Crippen molar-refractivity contribution < 1.29 is 14.0 Å². The molecule has 128 valence electrons. The molecule has 2 amide bonds. The van der Waals surface area contributed by atoms with Crippen LogP contribution in [0.15, 0.2) is 47.1 Å². The maximum Gasteiger partial charge on any atom is 0.313 e. The van der Waals surface area contributed by atoms with Gasteiger partial charge in [0.05, 0.1) is 23.9 Å². The number of hydrogen-bond acceptors (Lipinski definition) is 4. The van der Waals surface area contributed by atoms with Crippen molar-refractivity contribution in [2.45, 2.75) is 25.8 Å². The van der Waals surface area contributed by atoms with Crippen molar-refractivity contribution >= 4 is 17.5 Å². The SMILES string of the molecule is C[C@@H]1CCN(C(=O)C(=O)Nc2ccc(C#N)cc2)[C@@H](c2ccco2)C1. The highest BCUT2D eigenvalue weighted by atomic mass is 16.3. The second-order valence-corrected chi connectivity index (χ2v) is 6.30. The maximum absolute atomic E-state index is 12.7. The van der Waals surface area contributed by atoms with Crippen LogP contribution in [0, 0.1) is 17.2 Å². The van der Waals surface area contributed by atoms with Crippen LogP contribution in [0.3, 0.4) is 0 Å². The molecule has 2 heterocycles. The van der Waals surface area contributed by atoms with Crippen molar-refractivity contribution in [1.29, 1.82) is 5.26 Å². The Hall–Kier alpha value is -3.07. The zero-order valence-electron chi connectivity index (χ0n) is 13.9. The van der Waals surface area contributed by atoms with Crippen LogP contribution in [0.5, 0.6) is 0 Å². The van der Waals surface area contributed by atoms with E-state index in [-0.39, 0.29) is 6.04 Å². The van der Waals surface area contributed by atoms with Crippen LogP contribution in [-0.2, 0) is 9.59 Å². The van der Waals surface area contributed by atoms with Crippen molar-refractivity contribution in [1.82, 2.24) is 4.90 Å². The highest BCUT2D eigenvalue weighted by Crippen LogP contribution is 2.34. The van der Waals surface area contributed by atoms with E-state index in [0.717, 1.165) is 12.8 Å². The Kier molecular flexibility index (Phi) is 4.85. The number of benzene rings is 1. The fraction of sp³-hybridized carbons (Fsp3) is 0.316. The summed E-state index contributed by atoms with van der Waals surface area (Å²) in [6, 6.07) is 11.8. The summed E-state index contributed by atoms with van der Waals surface area (Å²) >= 11 is 0. The molecule has 1 aromatic carbocycles. The number of likely N-dealkylation sites (tertiary alicyclic amines) is 1. The third kappa shape index (κ3) is 3.72. The summed E-state index contributed by atoms with van der Waals surface area (Å²) in [4.78, 5) is 26.6. The number of nitriles is 1. The Morgan fingerprint density at radius 2 is 2.04 bits per heavy atom. The standard InChI is InChI=1S/C19H19N3O3/c1-13-8-9-22(16(11-13)17-3-2-10-25-17)19(24)18(23)21-15-6-4-14(12-20)5-7-15/h2-7,10,13,16H,8-9,11H2,1H3,(H,21,23)/t13-,16-/m1/s1. The van der Waals surface area contributed by atoms with E-state index in [0.29, 0.717) is 29.5 Å². The van der Waals surface area contributed by atoms with Gasteiger partial charge in [0.25, 0.3) is 0 Å². The van der Waals surface area contributed by atoms with Crippen LogP contribution in [0.25, 0.3) is 0 Å². The van der Waals surface area contributed by atoms with Crippen LogP contribution in [0.1, 0.15) is 37.1 Å². The summed E-state index contributed by atoms with van der Waals surface area (Å²) in [5.41, 5.74) is 0.976. The van der Waals surface area contributed by atoms with Gasteiger partial charge < -0.3 is 14.6 Å². The van der Waals surface area contributed by atoms with Gasteiger partial charge in [0, 0.05) is 12.2 Å². The largest absolute Gasteiger partial charge is 0.467 e. The predicted molar refractivity (Wildman–Crippen MR) is 91.3 cm³/mol. The third-order valence-electron chi connectivity index (χ3n) is 4.46. The van der Waals surface area contributed by atoms with Crippen molar-refractivity contribution in [3.8, 4) is 6.07 Å². The van der Waals surface area contributed by atoms with E-state index in [4.69, 9.17) is 9.68 Å². The molecule has 0 aliphatic carbocycles. The monoisotopic (exact) mass is 337 g/mol. The van der Waals surface area contributed by atoms with Crippen LogP contribution < -0.4 is 5.32 Å². The number of furan rings is 1. The summed E-state index contributed by atoms with van der Waals surface area (Å²) < 4.78 is 5.47. The first-order valence-electron chi connectivity index (χ1n) is 8.24. The molecule has 6 nitrogen and oxygen atoms in total. The van der Waals surface area contributed by atoms with Crippen LogP contribution in [-0.4, -0.2) is 23.3 Å². The first-order valence-corrected chi connectivity index (χ1v) is 8.24. The minimum Gasteiger partial charge on any atom is -0.467 e. The summed E-state index contributed by atoms with van der Waals surface area (Å²) in [6.07, 6.45) is 3.20. The number of amides is 2. The molecule has 0 radical (unpaired) electrons. The molecule has 0 bridgehead atoms. The molecule has 3 rings (SSSR count). The van der Waals surface area contributed by atoms with Gasteiger partial charge in [0.1, 0.15) is 5.76 Å². The van der Waals surface area contributed by atoms with Gasteiger partial charge in [0.2, 0.25) is 0 Å². The third-order valence-corrected chi connectivity index (χ3v) is 4.46. The van der Waals surface area contributed by atoms with Gasteiger partial charge >= 0.3 is 11.8 Å². The van der Waals surface area contributed by atoms with E-state index in [1.165, 1.54) is 0 Å². The molecular formula is C19H19N3O3. The molecule has 1 N–H and O–H groups in total. The molecule has 2 atom stereocenters. The Morgan fingerprint density at radius 3 is 2.68 bits per heavy atom. The van der Waals surface area contributed by atoms with E-state index >= 15 is 0 Å². The Labute approximate surface area is 146 Å². The zero-order chi connectivity index (χ0) is 17.8. The molecule has 25 heavy (non-hydrogen) atoms. The average Bonchev–Trinajstić information content (AvgIpc) is 3.16. The molecule has 1 aliphatic heterocycles. The Bertz CT molecular complexity index is 790. The topological polar surface area (TPSA) is 86.3 Å². The number of carbonyl (C=O) groups excluding carboxylic acids is 2. The summed E-state index contributed by atoms with van der Waals surface area (Å²) in [5, 5.41) is 11.4. The minimum atomic E-state index is -0.684. The van der Waals surface area contributed by atoms with Gasteiger partial charge in [-0.05, 0) is 55.2 Å². The molecule has 1 fully saturated rings. The van der Waals surface area contributed by atoms with Gasteiger partial charge in [-0.1, -0.05) is 6.92 Å². The quantitative estimate of drug-likeness (QED) is 0.853. The van der Waals surface area contributed by atoms with Crippen molar-refractivity contribution in [2.24, 2.45) is 5.92 Å². The van der Waals surface area contributed by atoms with E-state index in [1.54, 1.807) is 41.5 Å². The van der Waals surface area contributed by atoms with Gasteiger partial charge in [-0.3, -0.25) is 9.59 Å². The van der Waals surface area contributed by atoms with E-state index in [1.807, 2.05) is 12.1 Å².